The van der Waals surface area contributed by atoms with E-state index in [1.807, 2.05) is 31.2 Å². The maximum absolute atomic E-state index is 12.9. The van der Waals surface area contributed by atoms with Gasteiger partial charge in [-0.05, 0) is 36.8 Å². The summed E-state index contributed by atoms with van der Waals surface area (Å²) in [5.41, 5.74) is 2.32. The molecule has 0 radical (unpaired) electrons. The third-order valence-corrected chi connectivity index (χ3v) is 5.43. The van der Waals surface area contributed by atoms with Gasteiger partial charge in [0.05, 0.1) is 28.3 Å². The number of thiazole rings is 1. The fourth-order valence-electron chi connectivity index (χ4n) is 3.01. The van der Waals surface area contributed by atoms with E-state index in [9.17, 15) is 14.9 Å². The zero-order valence-electron chi connectivity index (χ0n) is 15.7. The van der Waals surface area contributed by atoms with Crippen molar-refractivity contribution in [1.82, 2.24) is 14.8 Å². The first-order valence-corrected chi connectivity index (χ1v) is 9.54. The summed E-state index contributed by atoms with van der Waals surface area (Å²) in [6, 6.07) is 13.5. The zero-order valence-corrected chi connectivity index (χ0v) is 16.5. The normalized spacial score (nSPS) is 11.0. The highest BCUT2D eigenvalue weighted by Crippen LogP contribution is 2.30. The molecule has 4 aromatic rings. The third-order valence-electron chi connectivity index (χ3n) is 4.45. The van der Waals surface area contributed by atoms with Crippen LogP contribution < -0.4 is 10.3 Å². The van der Waals surface area contributed by atoms with Crippen LogP contribution in [0.3, 0.4) is 0 Å². The molecule has 0 saturated heterocycles. The lowest BCUT2D eigenvalue weighted by Gasteiger charge is -2.09. The van der Waals surface area contributed by atoms with Gasteiger partial charge in [-0.25, -0.2) is 9.67 Å². The number of aryl methyl sites for hydroxylation is 1. The Bertz CT molecular complexity index is 1260. The van der Waals surface area contributed by atoms with Gasteiger partial charge in [0.25, 0.3) is 11.2 Å². The second-order valence-electron chi connectivity index (χ2n) is 6.37. The first-order chi connectivity index (χ1) is 14.0. The number of nitrogens with zero attached hydrogens (tertiary/aromatic N) is 4. The molecule has 0 unspecified atom stereocenters. The zero-order chi connectivity index (χ0) is 20.5. The van der Waals surface area contributed by atoms with Crippen molar-refractivity contribution in [2.45, 2.75) is 13.5 Å². The van der Waals surface area contributed by atoms with Crippen LogP contribution in [-0.4, -0.2) is 26.8 Å². The fraction of sp³-hybridized carbons (Fsp3) is 0.150. The molecule has 8 nitrogen and oxygen atoms in total. The molecule has 29 heavy (non-hydrogen) atoms. The van der Waals surface area contributed by atoms with Crippen molar-refractivity contribution >= 4 is 27.2 Å². The second-order valence-corrected chi connectivity index (χ2v) is 7.58. The monoisotopic (exact) mass is 408 g/mol. The van der Waals surface area contributed by atoms with E-state index in [-0.39, 0.29) is 17.8 Å². The summed E-state index contributed by atoms with van der Waals surface area (Å²) < 4.78 is 7.29. The number of rotatable bonds is 5. The summed E-state index contributed by atoms with van der Waals surface area (Å²) in [4.78, 5) is 27.7. The molecule has 0 fully saturated rings. The Morgan fingerprint density at radius 1 is 1.14 bits per heavy atom. The quantitative estimate of drug-likeness (QED) is 0.368. The number of non-ortho nitro benzene ring substituents is 1. The van der Waals surface area contributed by atoms with E-state index in [1.165, 1.54) is 28.2 Å². The molecule has 146 valence electrons. The van der Waals surface area contributed by atoms with Gasteiger partial charge in [0, 0.05) is 17.7 Å². The largest absolute Gasteiger partial charge is 0.497 e. The molecule has 0 spiro atoms. The standard InChI is InChI=1S/C20H16N4O4S/c1-12-21-18-19(29-12)17(14-5-9-16(28-2)10-6-14)22-23(20(18)25)11-13-3-7-15(8-4-13)24(26)27/h3-10H,11H2,1-2H3. The SMILES string of the molecule is COc1ccc(-c2nn(Cc3ccc([N+](=O)[O-])cc3)c(=O)c3nc(C)sc23)cc1. The van der Waals surface area contributed by atoms with Gasteiger partial charge in [-0.15, -0.1) is 11.3 Å². The van der Waals surface area contributed by atoms with Gasteiger partial charge in [-0.2, -0.15) is 5.10 Å². The minimum Gasteiger partial charge on any atom is -0.497 e. The van der Waals surface area contributed by atoms with Gasteiger partial charge < -0.3 is 4.74 Å². The topological polar surface area (TPSA) is 100 Å². The number of nitro benzene ring substituents is 1. The maximum atomic E-state index is 12.9. The number of nitro groups is 1. The molecule has 0 aliphatic carbocycles. The Morgan fingerprint density at radius 2 is 1.83 bits per heavy atom. The number of fused-ring (bicyclic) bond motifs is 1. The van der Waals surface area contributed by atoms with Crippen molar-refractivity contribution in [1.29, 1.82) is 0 Å². The van der Waals surface area contributed by atoms with Crippen molar-refractivity contribution in [3.63, 3.8) is 0 Å². The van der Waals surface area contributed by atoms with Crippen LogP contribution >= 0.6 is 11.3 Å². The highest BCUT2D eigenvalue weighted by atomic mass is 32.1. The molecule has 0 aliphatic rings. The van der Waals surface area contributed by atoms with Crippen LogP contribution in [0.2, 0.25) is 0 Å². The van der Waals surface area contributed by atoms with Gasteiger partial charge in [0.15, 0.2) is 5.52 Å². The van der Waals surface area contributed by atoms with Crippen LogP contribution in [-0.2, 0) is 6.54 Å². The minimum absolute atomic E-state index is 0.00134. The van der Waals surface area contributed by atoms with E-state index >= 15 is 0 Å². The molecule has 2 aromatic carbocycles. The van der Waals surface area contributed by atoms with Crippen molar-refractivity contribution in [2.75, 3.05) is 7.11 Å². The number of hydrogen-bond acceptors (Lipinski definition) is 7. The molecule has 0 amide bonds. The molecular formula is C20H16N4O4S. The number of hydrogen-bond donors (Lipinski definition) is 0. The van der Waals surface area contributed by atoms with E-state index in [4.69, 9.17) is 4.74 Å². The Morgan fingerprint density at radius 3 is 2.45 bits per heavy atom. The summed E-state index contributed by atoms with van der Waals surface area (Å²) in [5, 5.41) is 16.2. The molecule has 0 N–H and O–H groups in total. The van der Waals surface area contributed by atoms with Crippen molar-refractivity contribution in [3.8, 4) is 17.0 Å². The first-order valence-electron chi connectivity index (χ1n) is 8.72. The smallest absolute Gasteiger partial charge is 0.294 e. The van der Waals surface area contributed by atoms with Gasteiger partial charge in [-0.3, -0.25) is 14.9 Å². The van der Waals surface area contributed by atoms with Gasteiger partial charge >= 0.3 is 0 Å². The Hall–Kier alpha value is -3.59. The lowest BCUT2D eigenvalue weighted by molar-refractivity contribution is -0.384. The van der Waals surface area contributed by atoms with E-state index < -0.39 is 4.92 Å². The average molecular weight is 408 g/mol. The highest BCUT2D eigenvalue weighted by molar-refractivity contribution is 7.19. The molecule has 0 atom stereocenters. The molecule has 0 saturated carbocycles. The second kappa shape index (κ2) is 7.44. The first kappa shape index (κ1) is 18.8. The van der Waals surface area contributed by atoms with Crippen molar-refractivity contribution < 1.29 is 9.66 Å². The van der Waals surface area contributed by atoms with Crippen molar-refractivity contribution in [3.05, 3.63) is 79.6 Å². The van der Waals surface area contributed by atoms with E-state index in [0.29, 0.717) is 11.2 Å². The summed E-state index contributed by atoms with van der Waals surface area (Å²) in [6.45, 7) is 2.04. The van der Waals surface area contributed by atoms with E-state index in [2.05, 4.69) is 10.1 Å². The summed E-state index contributed by atoms with van der Waals surface area (Å²) in [6.07, 6.45) is 0. The van der Waals surface area contributed by atoms with Gasteiger partial charge in [0.1, 0.15) is 11.4 Å². The Labute approximate surface area is 169 Å². The fourth-order valence-corrected chi connectivity index (χ4v) is 3.92. The summed E-state index contributed by atoms with van der Waals surface area (Å²) >= 11 is 1.42. The van der Waals surface area contributed by atoms with Crippen LogP contribution in [0.1, 0.15) is 10.6 Å². The maximum Gasteiger partial charge on any atom is 0.294 e. The molecular weight excluding hydrogens is 392 g/mol. The number of aromatic nitrogens is 3. The average Bonchev–Trinajstić information content (AvgIpc) is 3.12. The Balaban J connectivity index is 1.82. The van der Waals surface area contributed by atoms with Crippen LogP contribution in [0.4, 0.5) is 5.69 Å². The number of benzene rings is 2. The van der Waals surface area contributed by atoms with E-state index in [0.717, 1.165) is 26.6 Å². The third kappa shape index (κ3) is 3.59. The van der Waals surface area contributed by atoms with E-state index in [1.54, 1.807) is 19.2 Å². The minimum atomic E-state index is -0.458. The van der Waals surface area contributed by atoms with Crippen LogP contribution in [0, 0.1) is 17.0 Å². The molecule has 4 rings (SSSR count). The van der Waals surface area contributed by atoms with Crippen LogP contribution in [0.15, 0.2) is 53.3 Å². The molecule has 2 aromatic heterocycles. The van der Waals surface area contributed by atoms with Crippen LogP contribution in [0.25, 0.3) is 21.5 Å². The number of methoxy groups -OCH3 is 1. The summed E-state index contributed by atoms with van der Waals surface area (Å²) in [7, 11) is 1.60. The van der Waals surface area contributed by atoms with Gasteiger partial charge in [-0.1, -0.05) is 12.1 Å². The lowest BCUT2D eigenvalue weighted by Crippen LogP contribution is -2.24. The highest BCUT2D eigenvalue weighted by Gasteiger charge is 2.17. The molecule has 0 bridgehead atoms. The van der Waals surface area contributed by atoms with Crippen LogP contribution in [0.5, 0.6) is 5.75 Å². The Kier molecular flexibility index (Phi) is 4.81. The predicted molar refractivity (Wildman–Crippen MR) is 111 cm³/mol. The molecule has 0 aliphatic heterocycles. The van der Waals surface area contributed by atoms with Gasteiger partial charge in [0.2, 0.25) is 0 Å². The molecule has 2 heterocycles. The predicted octanol–water partition coefficient (Wildman–Crippen LogP) is 3.79. The lowest BCUT2D eigenvalue weighted by atomic mass is 10.1. The number of ether oxygens (including phenoxy) is 1. The summed E-state index contributed by atoms with van der Waals surface area (Å²) in [5.74, 6) is 0.727. The molecule has 9 heteroatoms. The van der Waals surface area contributed by atoms with Crippen molar-refractivity contribution in [2.24, 2.45) is 0 Å².